The van der Waals surface area contributed by atoms with Crippen LogP contribution in [0.5, 0.6) is 0 Å². The Balaban J connectivity index is 1.81. The van der Waals surface area contributed by atoms with Crippen LogP contribution in [0.1, 0.15) is 20.7 Å². The molecule has 0 bridgehead atoms. The maximum Gasteiger partial charge on any atom is 0.257 e. The number of amides is 2. The van der Waals surface area contributed by atoms with Gasteiger partial charge in [0, 0.05) is 15.3 Å². The SMILES string of the molecule is O=C(Nc1ccccc1C(=O)Nc1cccnc1)c1cccc(I)c1. The third-order valence-electron chi connectivity index (χ3n) is 3.43. The number of nitrogens with one attached hydrogen (secondary N) is 2. The second kappa shape index (κ2) is 7.89. The van der Waals surface area contributed by atoms with Crippen LogP contribution in [0.3, 0.4) is 0 Å². The molecule has 124 valence electrons. The van der Waals surface area contributed by atoms with Crippen molar-refractivity contribution in [2.45, 2.75) is 0 Å². The Bertz CT molecular complexity index is 913. The van der Waals surface area contributed by atoms with E-state index in [0.29, 0.717) is 22.5 Å². The van der Waals surface area contributed by atoms with Crippen LogP contribution in [0.2, 0.25) is 0 Å². The number of para-hydroxylation sites is 1. The summed E-state index contributed by atoms with van der Waals surface area (Å²) < 4.78 is 0.966. The van der Waals surface area contributed by atoms with Crippen molar-refractivity contribution in [3.63, 3.8) is 0 Å². The first-order valence-electron chi connectivity index (χ1n) is 7.51. The Morgan fingerprint density at radius 3 is 2.48 bits per heavy atom. The second-order valence-electron chi connectivity index (χ2n) is 5.21. The summed E-state index contributed by atoms with van der Waals surface area (Å²) in [6.45, 7) is 0. The van der Waals surface area contributed by atoms with Crippen molar-refractivity contribution in [1.29, 1.82) is 0 Å². The summed E-state index contributed by atoms with van der Waals surface area (Å²) in [7, 11) is 0. The summed E-state index contributed by atoms with van der Waals surface area (Å²) in [6.07, 6.45) is 3.19. The van der Waals surface area contributed by atoms with Crippen LogP contribution in [-0.4, -0.2) is 16.8 Å². The van der Waals surface area contributed by atoms with E-state index in [0.717, 1.165) is 3.57 Å². The van der Waals surface area contributed by atoms with Crippen LogP contribution < -0.4 is 10.6 Å². The number of hydrogen-bond donors (Lipinski definition) is 2. The van der Waals surface area contributed by atoms with E-state index in [4.69, 9.17) is 0 Å². The normalized spacial score (nSPS) is 10.1. The number of anilines is 2. The molecular weight excluding hydrogens is 429 g/mol. The predicted molar refractivity (Wildman–Crippen MR) is 106 cm³/mol. The second-order valence-corrected chi connectivity index (χ2v) is 6.45. The lowest BCUT2D eigenvalue weighted by atomic mass is 10.1. The number of hydrogen-bond acceptors (Lipinski definition) is 3. The number of carbonyl (C=O) groups is 2. The minimum absolute atomic E-state index is 0.264. The van der Waals surface area contributed by atoms with Gasteiger partial charge in [-0.3, -0.25) is 14.6 Å². The van der Waals surface area contributed by atoms with Crippen LogP contribution in [0.15, 0.2) is 73.1 Å². The molecule has 0 aliphatic carbocycles. The van der Waals surface area contributed by atoms with E-state index in [-0.39, 0.29) is 11.8 Å². The van der Waals surface area contributed by atoms with E-state index in [1.165, 1.54) is 0 Å². The van der Waals surface area contributed by atoms with Crippen LogP contribution in [0, 0.1) is 3.57 Å². The van der Waals surface area contributed by atoms with Crippen molar-refractivity contribution in [3.05, 3.63) is 87.8 Å². The molecule has 0 aliphatic heterocycles. The van der Waals surface area contributed by atoms with E-state index < -0.39 is 0 Å². The van der Waals surface area contributed by atoms with Crippen molar-refractivity contribution in [2.24, 2.45) is 0 Å². The number of halogens is 1. The zero-order valence-corrected chi connectivity index (χ0v) is 15.2. The van der Waals surface area contributed by atoms with E-state index in [9.17, 15) is 9.59 Å². The van der Waals surface area contributed by atoms with Crippen molar-refractivity contribution in [2.75, 3.05) is 10.6 Å². The quantitative estimate of drug-likeness (QED) is 0.595. The standard InChI is InChI=1S/C19H14IN3O2/c20-14-6-3-5-13(11-14)18(24)23-17-9-2-1-8-16(17)19(25)22-15-7-4-10-21-12-15/h1-12H,(H,22,25)(H,23,24). The average molecular weight is 443 g/mol. The summed E-state index contributed by atoms with van der Waals surface area (Å²) in [5, 5.41) is 5.57. The van der Waals surface area contributed by atoms with Gasteiger partial charge in [0.1, 0.15) is 0 Å². The summed E-state index contributed by atoms with van der Waals surface area (Å²) in [5.41, 5.74) is 1.96. The van der Waals surface area contributed by atoms with Gasteiger partial charge < -0.3 is 10.6 Å². The molecule has 0 unspecified atom stereocenters. The molecule has 2 N–H and O–H groups in total. The van der Waals surface area contributed by atoms with E-state index in [2.05, 4.69) is 38.2 Å². The van der Waals surface area contributed by atoms with E-state index in [1.54, 1.807) is 60.9 Å². The summed E-state index contributed by atoms with van der Waals surface area (Å²) >= 11 is 2.15. The van der Waals surface area contributed by atoms with Gasteiger partial charge in [-0.2, -0.15) is 0 Å². The predicted octanol–water partition coefficient (Wildman–Crippen LogP) is 4.19. The molecule has 3 aromatic rings. The molecule has 0 saturated carbocycles. The Morgan fingerprint density at radius 2 is 1.72 bits per heavy atom. The molecule has 5 nitrogen and oxygen atoms in total. The minimum atomic E-state index is -0.313. The molecule has 2 aromatic carbocycles. The largest absolute Gasteiger partial charge is 0.321 e. The van der Waals surface area contributed by atoms with E-state index >= 15 is 0 Å². The first kappa shape index (κ1) is 17.1. The molecule has 1 aromatic heterocycles. The van der Waals surface area contributed by atoms with Crippen molar-refractivity contribution in [3.8, 4) is 0 Å². The number of benzene rings is 2. The average Bonchev–Trinajstić information content (AvgIpc) is 2.63. The molecule has 0 aliphatic rings. The van der Waals surface area contributed by atoms with Gasteiger partial charge in [-0.25, -0.2) is 0 Å². The van der Waals surface area contributed by atoms with Crippen LogP contribution in [-0.2, 0) is 0 Å². The van der Waals surface area contributed by atoms with E-state index in [1.807, 2.05) is 12.1 Å². The van der Waals surface area contributed by atoms with Gasteiger partial charge in [0.2, 0.25) is 0 Å². The highest BCUT2D eigenvalue weighted by Gasteiger charge is 2.14. The highest BCUT2D eigenvalue weighted by molar-refractivity contribution is 14.1. The third-order valence-corrected chi connectivity index (χ3v) is 4.10. The van der Waals surface area contributed by atoms with Gasteiger partial charge >= 0.3 is 0 Å². The van der Waals surface area contributed by atoms with Gasteiger partial charge in [-0.05, 0) is 65.1 Å². The van der Waals surface area contributed by atoms with Crippen LogP contribution >= 0.6 is 22.6 Å². The fourth-order valence-electron chi connectivity index (χ4n) is 2.25. The zero-order chi connectivity index (χ0) is 17.6. The molecule has 0 fully saturated rings. The highest BCUT2D eigenvalue weighted by atomic mass is 127. The number of rotatable bonds is 4. The van der Waals surface area contributed by atoms with Gasteiger partial charge in [-0.15, -0.1) is 0 Å². The summed E-state index contributed by atoms with van der Waals surface area (Å²) in [5.74, 6) is -0.577. The Kier molecular flexibility index (Phi) is 5.39. The topological polar surface area (TPSA) is 71.1 Å². The molecule has 2 amide bonds. The minimum Gasteiger partial charge on any atom is -0.321 e. The van der Waals surface area contributed by atoms with Crippen molar-refractivity contribution < 1.29 is 9.59 Å². The lowest BCUT2D eigenvalue weighted by Gasteiger charge is -2.11. The molecule has 6 heteroatoms. The molecule has 1 heterocycles. The third kappa shape index (κ3) is 4.42. The molecule has 0 spiro atoms. The first-order valence-corrected chi connectivity index (χ1v) is 8.59. The fraction of sp³-hybridized carbons (Fsp3) is 0. The number of carbonyl (C=O) groups excluding carboxylic acids is 2. The summed E-state index contributed by atoms with van der Waals surface area (Å²) in [4.78, 5) is 28.9. The van der Waals surface area contributed by atoms with Crippen molar-refractivity contribution >= 4 is 45.8 Å². The molecule has 0 atom stereocenters. The molecular formula is C19H14IN3O2. The fourth-order valence-corrected chi connectivity index (χ4v) is 2.79. The van der Waals surface area contributed by atoms with Crippen molar-refractivity contribution in [1.82, 2.24) is 4.98 Å². The van der Waals surface area contributed by atoms with Gasteiger partial charge in [-0.1, -0.05) is 18.2 Å². The lowest BCUT2D eigenvalue weighted by molar-refractivity contribution is 0.102. The van der Waals surface area contributed by atoms with Gasteiger partial charge in [0.25, 0.3) is 11.8 Å². The zero-order valence-electron chi connectivity index (χ0n) is 13.1. The Morgan fingerprint density at radius 1 is 0.880 bits per heavy atom. The number of nitrogens with zero attached hydrogens (tertiary/aromatic N) is 1. The monoisotopic (exact) mass is 443 g/mol. The maximum absolute atomic E-state index is 12.5. The highest BCUT2D eigenvalue weighted by Crippen LogP contribution is 2.18. The number of pyridine rings is 1. The first-order chi connectivity index (χ1) is 12.1. The van der Waals surface area contributed by atoms with Gasteiger partial charge in [0.05, 0.1) is 23.1 Å². The van der Waals surface area contributed by atoms with Crippen LogP contribution in [0.4, 0.5) is 11.4 Å². The smallest absolute Gasteiger partial charge is 0.257 e. The van der Waals surface area contributed by atoms with Crippen LogP contribution in [0.25, 0.3) is 0 Å². The molecule has 0 saturated heterocycles. The maximum atomic E-state index is 12.5. The summed E-state index contributed by atoms with van der Waals surface area (Å²) in [6, 6.07) is 17.6. The van der Waals surface area contributed by atoms with Gasteiger partial charge in [0.15, 0.2) is 0 Å². The Hall–Kier alpha value is -2.74. The number of aromatic nitrogens is 1. The molecule has 3 rings (SSSR count). The lowest BCUT2D eigenvalue weighted by Crippen LogP contribution is -2.18. The Labute approximate surface area is 158 Å². The molecule has 0 radical (unpaired) electrons. The molecule has 25 heavy (non-hydrogen) atoms.